The minimum atomic E-state index is -0.574. The van der Waals surface area contributed by atoms with Gasteiger partial charge in [0.1, 0.15) is 11.2 Å². The molecule has 0 bridgehead atoms. The number of hydrogen-bond donors (Lipinski definition) is 4. The average Bonchev–Trinajstić information content (AvgIpc) is 3.50. The third kappa shape index (κ3) is 4.06. The maximum absolute atomic E-state index is 12.6. The van der Waals surface area contributed by atoms with Crippen molar-refractivity contribution in [1.29, 1.82) is 0 Å². The lowest BCUT2D eigenvalue weighted by molar-refractivity contribution is 0.0564. The maximum Gasteiger partial charge on any atom is 0.322 e. The second-order valence-corrected chi connectivity index (χ2v) is 8.53. The van der Waals surface area contributed by atoms with Crippen LogP contribution in [-0.4, -0.2) is 73.0 Å². The van der Waals surface area contributed by atoms with Crippen molar-refractivity contribution in [1.82, 2.24) is 34.7 Å². The van der Waals surface area contributed by atoms with Crippen molar-refractivity contribution in [2.45, 2.75) is 0 Å². The first-order valence-electron chi connectivity index (χ1n) is 11.5. The summed E-state index contributed by atoms with van der Waals surface area (Å²) in [6, 6.07) is 8.63. The third-order valence-corrected chi connectivity index (χ3v) is 6.17. The minimum absolute atomic E-state index is 0.206. The smallest absolute Gasteiger partial charge is 0.322 e. The number of urea groups is 1. The Labute approximate surface area is 209 Å². The van der Waals surface area contributed by atoms with E-state index >= 15 is 0 Å². The highest BCUT2D eigenvalue weighted by Gasteiger charge is 2.20. The number of nitrogens with zero attached hydrogens (tertiary/aromatic N) is 6. The molecule has 6 N–H and O–H groups in total. The Balaban J connectivity index is 1.37. The molecule has 37 heavy (non-hydrogen) atoms. The van der Waals surface area contributed by atoms with Gasteiger partial charge in [0.2, 0.25) is 0 Å². The summed E-state index contributed by atoms with van der Waals surface area (Å²) < 4.78 is 5.30. The largest absolute Gasteiger partial charge is 0.378 e. The fourth-order valence-electron chi connectivity index (χ4n) is 4.33. The summed E-state index contributed by atoms with van der Waals surface area (Å²) in [5.41, 5.74) is 9.84. The van der Waals surface area contributed by atoms with Crippen LogP contribution in [0.5, 0.6) is 0 Å². The number of fused-ring (bicyclic) bond motifs is 2. The van der Waals surface area contributed by atoms with Crippen molar-refractivity contribution in [2.75, 3.05) is 37.5 Å². The van der Waals surface area contributed by atoms with Crippen LogP contribution in [0.1, 0.15) is 10.4 Å². The number of benzene rings is 1. The number of ether oxygens (including phenoxy) is 1. The Morgan fingerprint density at radius 1 is 1.08 bits per heavy atom. The molecule has 1 saturated heterocycles. The molecule has 0 atom stereocenters. The number of imidazole rings is 1. The zero-order chi connectivity index (χ0) is 25.5. The monoisotopic (exact) mass is 498 g/mol. The number of amides is 3. The molecule has 0 unspecified atom stereocenters. The number of aromatic amines is 1. The van der Waals surface area contributed by atoms with E-state index in [9.17, 15) is 9.59 Å². The van der Waals surface area contributed by atoms with Gasteiger partial charge in [-0.1, -0.05) is 6.07 Å². The van der Waals surface area contributed by atoms with Crippen molar-refractivity contribution in [2.24, 2.45) is 5.73 Å². The number of para-hydroxylation sites is 1. The Morgan fingerprint density at radius 2 is 1.89 bits per heavy atom. The lowest BCUT2D eigenvalue weighted by Crippen LogP contribution is -2.43. The number of H-pyrrole nitrogens is 1. The Morgan fingerprint density at radius 3 is 2.70 bits per heavy atom. The number of rotatable bonds is 4. The van der Waals surface area contributed by atoms with Gasteiger partial charge >= 0.3 is 6.03 Å². The van der Waals surface area contributed by atoms with E-state index < -0.39 is 5.91 Å². The fourth-order valence-corrected chi connectivity index (χ4v) is 4.33. The lowest BCUT2D eigenvalue weighted by atomic mass is 10.1. The van der Waals surface area contributed by atoms with Crippen molar-refractivity contribution < 1.29 is 14.3 Å². The number of nitrogens with two attached hydrogens (primary N) is 2. The molecule has 0 radical (unpaired) electrons. The number of nitrogens with one attached hydrogen (secondary N) is 2. The number of aromatic nitrogens is 6. The zero-order valence-electron chi connectivity index (χ0n) is 19.5. The number of morpholine rings is 1. The van der Waals surface area contributed by atoms with Crippen LogP contribution in [0.3, 0.4) is 0 Å². The number of pyridine rings is 2. The van der Waals surface area contributed by atoms with Gasteiger partial charge in [0.05, 0.1) is 41.6 Å². The van der Waals surface area contributed by atoms with Gasteiger partial charge in [0, 0.05) is 36.6 Å². The van der Waals surface area contributed by atoms with Crippen molar-refractivity contribution in [3.63, 3.8) is 0 Å². The van der Waals surface area contributed by atoms with Crippen molar-refractivity contribution in [3.05, 3.63) is 54.5 Å². The molecule has 1 aliphatic heterocycles. The topological polar surface area (TPSA) is 183 Å². The Kier molecular flexibility index (Phi) is 5.38. The van der Waals surface area contributed by atoms with Gasteiger partial charge in [0.15, 0.2) is 11.5 Å². The number of nitrogen functional groups attached to an aromatic ring is 1. The summed E-state index contributed by atoms with van der Waals surface area (Å²) in [6.07, 6.45) is 4.92. The van der Waals surface area contributed by atoms with Crippen LogP contribution < -0.4 is 16.9 Å². The number of carbonyl (C=O) groups excluding carboxylic acids is 2. The number of hydrogen-bond acceptors (Lipinski definition) is 8. The molecule has 5 heterocycles. The van der Waals surface area contributed by atoms with E-state index in [0.29, 0.717) is 71.1 Å². The Hall–Kier alpha value is -5.04. The predicted molar refractivity (Wildman–Crippen MR) is 136 cm³/mol. The molecule has 3 amide bonds. The SMILES string of the molecule is NC(=O)c1cccc2[nH]c(-c3nn(N)c4ncc(-c5cncc(NC(=O)N6CCOCC6)c5)cc34)nc12. The van der Waals surface area contributed by atoms with Gasteiger partial charge < -0.3 is 31.5 Å². The molecule has 1 fully saturated rings. The van der Waals surface area contributed by atoms with Gasteiger partial charge in [-0.05, 0) is 24.3 Å². The molecule has 5 aromatic rings. The first-order chi connectivity index (χ1) is 18.0. The van der Waals surface area contributed by atoms with Crippen LogP contribution in [-0.2, 0) is 4.74 Å². The molecular weight excluding hydrogens is 476 g/mol. The highest BCUT2D eigenvalue weighted by Crippen LogP contribution is 2.31. The second-order valence-electron chi connectivity index (χ2n) is 8.53. The van der Waals surface area contributed by atoms with E-state index in [2.05, 4.69) is 30.4 Å². The summed E-state index contributed by atoms with van der Waals surface area (Å²) in [7, 11) is 0. The van der Waals surface area contributed by atoms with E-state index in [1.807, 2.05) is 12.1 Å². The number of anilines is 1. The zero-order valence-corrected chi connectivity index (χ0v) is 19.5. The minimum Gasteiger partial charge on any atom is -0.378 e. The fraction of sp³-hybridized carbons (Fsp3) is 0.167. The van der Waals surface area contributed by atoms with Gasteiger partial charge in [-0.3, -0.25) is 9.78 Å². The second kappa shape index (κ2) is 8.87. The van der Waals surface area contributed by atoms with E-state index in [1.54, 1.807) is 41.7 Å². The quantitative estimate of drug-likeness (QED) is 0.270. The molecule has 0 saturated carbocycles. The first-order valence-corrected chi connectivity index (χ1v) is 11.5. The molecule has 13 nitrogen and oxygen atoms in total. The van der Waals surface area contributed by atoms with Crippen LogP contribution in [0.25, 0.3) is 44.7 Å². The van der Waals surface area contributed by atoms with Crippen molar-refractivity contribution in [3.8, 4) is 22.6 Å². The van der Waals surface area contributed by atoms with Crippen LogP contribution in [0.15, 0.2) is 48.9 Å². The Bertz CT molecular complexity index is 1670. The third-order valence-electron chi connectivity index (χ3n) is 6.17. The molecule has 1 aliphatic rings. The average molecular weight is 499 g/mol. The van der Waals surface area contributed by atoms with Crippen LogP contribution in [0.4, 0.5) is 10.5 Å². The summed E-state index contributed by atoms with van der Waals surface area (Å²) in [4.78, 5) is 43.8. The summed E-state index contributed by atoms with van der Waals surface area (Å²) >= 11 is 0. The normalized spacial score (nSPS) is 13.8. The summed E-state index contributed by atoms with van der Waals surface area (Å²) in [5, 5.41) is 7.94. The molecule has 13 heteroatoms. The van der Waals surface area contributed by atoms with E-state index in [1.165, 1.54) is 4.79 Å². The highest BCUT2D eigenvalue weighted by molar-refractivity contribution is 6.05. The number of primary amides is 1. The molecule has 6 rings (SSSR count). The molecule has 0 spiro atoms. The van der Waals surface area contributed by atoms with Crippen LogP contribution in [0.2, 0.25) is 0 Å². The highest BCUT2D eigenvalue weighted by atomic mass is 16.5. The van der Waals surface area contributed by atoms with Crippen molar-refractivity contribution >= 4 is 39.7 Å². The number of carbonyl (C=O) groups is 2. The van der Waals surface area contributed by atoms with E-state index in [0.717, 1.165) is 11.1 Å². The van der Waals surface area contributed by atoms with Gasteiger partial charge in [-0.25, -0.2) is 14.8 Å². The van der Waals surface area contributed by atoms with E-state index in [-0.39, 0.29) is 6.03 Å². The molecule has 186 valence electrons. The summed E-state index contributed by atoms with van der Waals surface area (Å²) in [6.45, 7) is 2.11. The molecular formula is C24H22N10O3. The molecule has 1 aromatic carbocycles. The maximum atomic E-state index is 12.6. The lowest BCUT2D eigenvalue weighted by Gasteiger charge is -2.26. The van der Waals surface area contributed by atoms with E-state index in [4.69, 9.17) is 16.3 Å². The van der Waals surface area contributed by atoms with Crippen LogP contribution in [0, 0.1) is 0 Å². The van der Waals surface area contributed by atoms with Gasteiger partial charge in [-0.2, -0.15) is 4.79 Å². The van der Waals surface area contributed by atoms with Gasteiger partial charge in [0.25, 0.3) is 5.91 Å². The van der Waals surface area contributed by atoms with Crippen LogP contribution >= 0.6 is 0 Å². The van der Waals surface area contributed by atoms with Gasteiger partial charge in [-0.15, -0.1) is 5.10 Å². The molecule has 0 aliphatic carbocycles. The summed E-state index contributed by atoms with van der Waals surface area (Å²) in [5.74, 6) is 5.92. The predicted octanol–water partition coefficient (Wildman–Crippen LogP) is 1.71. The first kappa shape index (κ1) is 22.4. The standard InChI is InChI=1S/C24H22N10O3/c25-21(35)16-2-1-3-18-19(16)31-22(30-18)20-17-9-14(11-28-23(17)34(26)32-20)13-8-15(12-27-10-13)29-24(36)33-4-6-37-7-5-33/h1-3,8-12H,4-7,26H2,(H2,25,35)(H,29,36)(H,30,31). The molecule has 4 aromatic heterocycles.